The van der Waals surface area contributed by atoms with Gasteiger partial charge in [0.1, 0.15) is 11.6 Å². The van der Waals surface area contributed by atoms with Gasteiger partial charge in [0.2, 0.25) is 0 Å². The van der Waals surface area contributed by atoms with E-state index in [0.29, 0.717) is 0 Å². The van der Waals surface area contributed by atoms with E-state index in [0.717, 1.165) is 12.1 Å². The first-order valence-corrected chi connectivity index (χ1v) is 7.39. The normalized spacial score (nSPS) is 11.1. The predicted octanol–water partition coefficient (Wildman–Crippen LogP) is 7.36. The van der Waals surface area contributed by atoms with Crippen molar-refractivity contribution in [3.05, 3.63) is 49.1 Å². The molecule has 0 radical (unpaired) electrons. The van der Waals surface area contributed by atoms with Gasteiger partial charge in [-0.1, -0.05) is 58.0 Å². The van der Waals surface area contributed by atoms with E-state index in [9.17, 15) is 13.2 Å². The second-order valence-electron chi connectivity index (χ2n) is 3.96. The predicted molar refractivity (Wildman–Crippen MR) is 83.5 cm³/mol. The van der Waals surface area contributed by atoms with E-state index >= 15 is 0 Å². The van der Waals surface area contributed by atoms with Gasteiger partial charge in [0, 0.05) is 17.2 Å². The Morgan fingerprint density at radius 2 is 1.32 bits per heavy atom. The summed E-state index contributed by atoms with van der Waals surface area (Å²) in [6.45, 7) is -3.17. The van der Waals surface area contributed by atoms with Crippen molar-refractivity contribution in [2.24, 2.45) is 0 Å². The van der Waals surface area contributed by atoms with Crippen molar-refractivity contribution in [1.82, 2.24) is 0 Å². The molecule has 0 amide bonds. The fraction of sp³-hybridized carbons (Fsp3) is 0.0769. The molecule has 0 atom stereocenters. The molecule has 2 aromatic rings. The highest BCUT2D eigenvalue weighted by Gasteiger charge is 2.23. The summed E-state index contributed by atoms with van der Waals surface area (Å²) in [6, 6.07) is 2.96. The minimum atomic E-state index is -3.17. The molecule has 0 aliphatic heterocycles. The smallest absolute Gasteiger partial charge is 0.387 e. The zero-order valence-corrected chi connectivity index (χ0v) is 14.0. The number of ether oxygens (including phenoxy) is 1. The third kappa shape index (κ3) is 3.36. The van der Waals surface area contributed by atoms with Crippen molar-refractivity contribution in [3.8, 4) is 16.9 Å². The van der Waals surface area contributed by atoms with Crippen LogP contribution in [0.25, 0.3) is 11.1 Å². The van der Waals surface area contributed by atoms with Gasteiger partial charge in [0.05, 0.1) is 25.1 Å². The lowest BCUT2D eigenvalue weighted by Gasteiger charge is -2.16. The summed E-state index contributed by atoms with van der Waals surface area (Å²) in [4.78, 5) is 0. The average Bonchev–Trinajstić information content (AvgIpc) is 2.45. The Morgan fingerprint density at radius 3 is 1.82 bits per heavy atom. The number of rotatable bonds is 3. The molecule has 0 fully saturated rings. The van der Waals surface area contributed by atoms with Gasteiger partial charge in [-0.05, 0) is 12.1 Å². The Kier molecular flexibility index (Phi) is 5.62. The molecule has 0 saturated heterocycles. The summed E-state index contributed by atoms with van der Waals surface area (Å²) < 4.78 is 42.5. The first-order chi connectivity index (χ1) is 10.2. The van der Waals surface area contributed by atoms with E-state index in [1.165, 1.54) is 6.07 Å². The SMILES string of the molecule is Fc1ccc(-c2c(Cl)c(Cl)c(Cl)c(Cl)c2Cl)c(OC(F)F)c1. The van der Waals surface area contributed by atoms with Gasteiger partial charge in [-0.15, -0.1) is 0 Å². The van der Waals surface area contributed by atoms with Crippen molar-refractivity contribution < 1.29 is 17.9 Å². The molecule has 1 nitrogen and oxygen atoms in total. The Balaban J connectivity index is 2.77. The molecule has 0 aliphatic carbocycles. The van der Waals surface area contributed by atoms with Crippen molar-refractivity contribution in [3.63, 3.8) is 0 Å². The summed E-state index contributed by atoms with van der Waals surface area (Å²) in [5, 5.41) is -0.542. The lowest BCUT2D eigenvalue weighted by atomic mass is 10.0. The van der Waals surface area contributed by atoms with E-state index in [4.69, 9.17) is 58.0 Å². The molecule has 0 bridgehead atoms. The molecule has 118 valence electrons. The number of hydrogen-bond acceptors (Lipinski definition) is 1. The summed E-state index contributed by atoms with van der Waals surface area (Å²) in [5.41, 5.74) is 0.00977. The van der Waals surface area contributed by atoms with Crippen molar-refractivity contribution >= 4 is 58.0 Å². The Hall–Kier alpha value is -0.520. The maximum Gasteiger partial charge on any atom is 0.387 e. The Morgan fingerprint density at radius 1 is 0.818 bits per heavy atom. The number of halogens is 8. The van der Waals surface area contributed by atoms with Crippen LogP contribution >= 0.6 is 58.0 Å². The fourth-order valence-corrected chi connectivity index (χ4v) is 3.08. The van der Waals surface area contributed by atoms with E-state index in [1.54, 1.807) is 0 Å². The second kappa shape index (κ2) is 6.93. The number of benzene rings is 2. The summed E-state index contributed by atoms with van der Waals surface area (Å²) >= 11 is 29.8. The zero-order valence-electron chi connectivity index (χ0n) is 10.2. The van der Waals surface area contributed by atoms with E-state index in [1.807, 2.05) is 0 Å². The molecule has 0 aromatic heterocycles. The molecule has 0 aliphatic rings. The van der Waals surface area contributed by atoms with Gasteiger partial charge in [0.25, 0.3) is 0 Å². The van der Waals surface area contributed by atoms with Crippen LogP contribution in [0, 0.1) is 5.82 Å². The molecule has 22 heavy (non-hydrogen) atoms. The minimum Gasteiger partial charge on any atom is -0.434 e. The molecular formula is C13H4Cl5F3O. The maximum atomic E-state index is 13.3. The summed E-state index contributed by atoms with van der Waals surface area (Å²) in [5.74, 6) is -1.24. The van der Waals surface area contributed by atoms with Crippen LogP contribution in [0.2, 0.25) is 25.1 Å². The monoisotopic (exact) mass is 408 g/mol. The molecule has 9 heteroatoms. The Labute approximate surface area is 148 Å². The van der Waals surface area contributed by atoms with Crippen LogP contribution in [-0.4, -0.2) is 6.61 Å². The van der Waals surface area contributed by atoms with Gasteiger partial charge in [0.15, 0.2) is 0 Å². The fourth-order valence-electron chi connectivity index (χ4n) is 1.74. The van der Waals surface area contributed by atoms with Crippen LogP contribution in [-0.2, 0) is 0 Å². The van der Waals surface area contributed by atoms with Gasteiger partial charge in [-0.3, -0.25) is 0 Å². The third-order valence-electron chi connectivity index (χ3n) is 2.64. The van der Waals surface area contributed by atoms with Crippen LogP contribution in [0.3, 0.4) is 0 Å². The largest absolute Gasteiger partial charge is 0.434 e. The van der Waals surface area contributed by atoms with Crippen LogP contribution in [0.1, 0.15) is 0 Å². The van der Waals surface area contributed by atoms with Gasteiger partial charge in [-0.2, -0.15) is 8.78 Å². The van der Waals surface area contributed by atoms with Gasteiger partial charge < -0.3 is 4.74 Å². The highest BCUT2D eigenvalue weighted by atomic mass is 35.5. The second-order valence-corrected chi connectivity index (χ2v) is 5.85. The summed E-state index contributed by atoms with van der Waals surface area (Å²) in [7, 11) is 0. The van der Waals surface area contributed by atoms with Crippen molar-refractivity contribution in [1.29, 1.82) is 0 Å². The molecular weight excluding hydrogens is 406 g/mol. The van der Waals surface area contributed by atoms with Gasteiger partial charge in [-0.25, -0.2) is 4.39 Å². The van der Waals surface area contributed by atoms with Crippen LogP contribution < -0.4 is 4.74 Å². The van der Waals surface area contributed by atoms with E-state index < -0.39 is 18.2 Å². The molecule has 0 heterocycles. The topological polar surface area (TPSA) is 9.23 Å². The first kappa shape index (κ1) is 17.8. The average molecular weight is 410 g/mol. The quantitative estimate of drug-likeness (QED) is 0.379. The summed E-state index contributed by atoms with van der Waals surface area (Å²) in [6.07, 6.45) is 0. The van der Waals surface area contributed by atoms with Crippen molar-refractivity contribution in [2.75, 3.05) is 0 Å². The highest BCUT2D eigenvalue weighted by Crippen LogP contribution is 2.50. The lowest BCUT2D eigenvalue weighted by Crippen LogP contribution is -2.04. The minimum absolute atomic E-state index is 0.00262. The molecule has 0 N–H and O–H groups in total. The zero-order chi connectivity index (χ0) is 16.6. The Bertz CT molecular complexity index is 707. The van der Waals surface area contributed by atoms with Crippen LogP contribution in [0.4, 0.5) is 13.2 Å². The van der Waals surface area contributed by atoms with Gasteiger partial charge >= 0.3 is 6.61 Å². The standard InChI is InChI=1S/C13H4Cl5F3O/c14-8-7(9(15)11(17)12(18)10(8)16)5-2-1-4(19)3-6(5)22-13(20)21/h1-3,13H. The maximum absolute atomic E-state index is 13.3. The van der Waals surface area contributed by atoms with Crippen molar-refractivity contribution in [2.45, 2.75) is 6.61 Å². The van der Waals surface area contributed by atoms with Crippen LogP contribution in [0.15, 0.2) is 18.2 Å². The molecule has 2 rings (SSSR count). The van der Waals surface area contributed by atoms with E-state index in [2.05, 4.69) is 4.74 Å². The number of hydrogen-bond donors (Lipinski definition) is 0. The first-order valence-electron chi connectivity index (χ1n) is 5.50. The lowest BCUT2D eigenvalue weighted by molar-refractivity contribution is -0.0495. The van der Waals surface area contributed by atoms with Crippen LogP contribution in [0.5, 0.6) is 5.75 Å². The third-order valence-corrected chi connectivity index (χ3v) is 4.92. The highest BCUT2D eigenvalue weighted by molar-refractivity contribution is 6.56. The van der Waals surface area contributed by atoms with E-state index in [-0.39, 0.29) is 36.2 Å². The molecule has 0 unspecified atom stereocenters. The molecule has 0 spiro atoms. The molecule has 0 saturated carbocycles. The molecule has 2 aromatic carbocycles. The number of alkyl halides is 2.